The molecule has 1 aliphatic rings. The fourth-order valence-corrected chi connectivity index (χ4v) is 0.487. The first-order valence-electron chi connectivity index (χ1n) is 2.36. The fraction of sp³-hybridized carbons (Fsp3) is 0. The van der Waals surface area contributed by atoms with E-state index in [0.29, 0.717) is 6.08 Å². The molecule has 0 bridgehead atoms. The summed E-state index contributed by atoms with van der Waals surface area (Å²) in [6.07, 6.45) is 1.83. The van der Waals surface area contributed by atoms with Crippen molar-refractivity contribution in [1.29, 1.82) is 0 Å². The Morgan fingerprint density at radius 2 is 1.90 bits per heavy atom. The molecule has 0 fully saturated rings. The Labute approximate surface area is 54.8 Å². The van der Waals surface area contributed by atoms with Gasteiger partial charge in [-0.25, -0.2) is 8.78 Å². The molecule has 0 atom stereocenters. The van der Waals surface area contributed by atoms with Gasteiger partial charge < -0.3 is 0 Å². The highest BCUT2D eigenvalue weighted by molar-refractivity contribution is 6.46. The van der Waals surface area contributed by atoms with Crippen LogP contribution in [0.5, 0.6) is 0 Å². The number of hydrogen-bond donors (Lipinski definition) is 0. The predicted octanol–water partition coefficient (Wildman–Crippen LogP) is 0.648. The Morgan fingerprint density at radius 3 is 2.40 bits per heavy atom. The minimum atomic E-state index is -1.37. The van der Waals surface area contributed by atoms with E-state index in [-0.39, 0.29) is 0 Å². The number of allylic oxidation sites excluding steroid dienone is 4. The second-order valence-corrected chi connectivity index (χ2v) is 1.62. The van der Waals surface area contributed by atoms with E-state index in [9.17, 15) is 18.4 Å². The van der Waals surface area contributed by atoms with Gasteiger partial charge in [0.05, 0.1) is 6.08 Å². The van der Waals surface area contributed by atoms with E-state index in [4.69, 9.17) is 0 Å². The molecule has 0 saturated carbocycles. The van der Waals surface area contributed by atoms with Crippen LogP contribution in [-0.4, -0.2) is 11.6 Å². The summed E-state index contributed by atoms with van der Waals surface area (Å²) in [5.74, 6) is -5.15. The minimum Gasteiger partial charge on any atom is -0.285 e. The van der Waals surface area contributed by atoms with Crippen LogP contribution >= 0.6 is 0 Å². The van der Waals surface area contributed by atoms with E-state index in [1.54, 1.807) is 0 Å². The molecule has 0 spiro atoms. The van der Waals surface area contributed by atoms with E-state index >= 15 is 0 Å². The van der Waals surface area contributed by atoms with E-state index in [2.05, 4.69) is 0 Å². The zero-order valence-electron chi connectivity index (χ0n) is 4.65. The summed E-state index contributed by atoms with van der Waals surface area (Å²) in [5.41, 5.74) is 0. The molecule has 1 radical (unpaired) electrons. The molecule has 0 aliphatic heterocycles. The van der Waals surface area contributed by atoms with Gasteiger partial charge in [0, 0.05) is 6.08 Å². The van der Waals surface area contributed by atoms with Gasteiger partial charge in [0.15, 0.2) is 5.83 Å². The number of halogens is 2. The van der Waals surface area contributed by atoms with Crippen LogP contribution < -0.4 is 0 Å². The number of carbonyl (C=O) groups excluding carboxylic acids is 2. The molecule has 0 amide bonds. The van der Waals surface area contributed by atoms with E-state index in [1.165, 1.54) is 6.08 Å². The molecule has 1 rings (SSSR count). The van der Waals surface area contributed by atoms with Crippen LogP contribution in [0.15, 0.2) is 17.7 Å². The maximum absolute atomic E-state index is 12.1. The smallest absolute Gasteiger partial charge is 0.262 e. The number of Topliss-reactive ketones (excluding diaryl/α,β-unsaturated/α-hetero) is 2. The minimum absolute atomic E-state index is 0.323. The molecule has 4 heteroatoms. The molecule has 0 saturated heterocycles. The summed E-state index contributed by atoms with van der Waals surface area (Å²) in [5, 5.41) is 0. The molecule has 2 nitrogen and oxygen atoms in total. The molecule has 0 aromatic rings. The van der Waals surface area contributed by atoms with Crippen molar-refractivity contribution in [2.75, 3.05) is 0 Å². The summed E-state index contributed by atoms with van der Waals surface area (Å²) >= 11 is 0. The molecule has 0 unspecified atom stereocenters. The normalized spacial score (nSPS) is 18.6. The molecule has 1 aliphatic carbocycles. The van der Waals surface area contributed by atoms with Crippen molar-refractivity contribution >= 4 is 11.6 Å². The molecular weight excluding hydrogens is 142 g/mol. The van der Waals surface area contributed by atoms with Crippen LogP contribution in [0.25, 0.3) is 0 Å². The molecule has 0 aromatic carbocycles. The van der Waals surface area contributed by atoms with Crippen molar-refractivity contribution < 1.29 is 18.4 Å². The lowest BCUT2D eigenvalue weighted by Gasteiger charge is -1.96. The highest BCUT2D eigenvalue weighted by atomic mass is 19.1. The van der Waals surface area contributed by atoms with Crippen molar-refractivity contribution in [2.45, 2.75) is 0 Å². The third kappa shape index (κ3) is 1.00. The third-order valence-corrected chi connectivity index (χ3v) is 0.910. The third-order valence-electron chi connectivity index (χ3n) is 0.910. The number of carbonyl (C=O) groups is 2. The summed E-state index contributed by atoms with van der Waals surface area (Å²) in [7, 11) is 0. The van der Waals surface area contributed by atoms with Crippen LogP contribution in [0.4, 0.5) is 8.78 Å². The van der Waals surface area contributed by atoms with Crippen molar-refractivity contribution in [1.82, 2.24) is 0 Å². The first kappa shape index (κ1) is 6.80. The van der Waals surface area contributed by atoms with Gasteiger partial charge >= 0.3 is 0 Å². The topological polar surface area (TPSA) is 34.1 Å². The Bertz CT molecular complexity index is 260. The summed E-state index contributed by atoms with van der Waals surface area (Å²) in [6, 6.07) is 0. The van der Waals surface area contributed by atoms with E-state index < -0.39 is 23.2 Å². The zero-order valence-corrected chi connectivity index (χ0v) is 4.65. The zero-order chi connectivity index (χ0) is 7.72. The lowest BCUT2D eigenvalue weighted by atomic mass is 10.1. The molecule has 51 valence electrons. The maximum Gasteiger partial charge on any atom is 0.262 e. The standard InChI is InChI=1S/C6HF2O2/c7-3-1-4(8)6(10)5(9)2-3/h1H. The Kier molecular flexibility index (Phi) is 1.45. The average Bonchev–Trinajstić information content (AvgIpc) is 1.82. The molecule has 0 heterocycles. The van der Waals surface area contributed by atoms with Crippen molar-refractivity contribution in [3.8, 4) is 0 Å². The van der Waals surface area contributed by atoms with Crippen LogP contribution in [-0.2, 0) is 9.59 Å². The van der Waals surface area contributed by atoms with Crippen LogP contribution in [0.3, 0.4) is 0 Å². The Hall–Kier alpha value is -1.32. The van der Waals surface area contributed by atoms with Gasteiger partial charge in [-0.1, -0.05) is 0 Å². The van der Waals surface area contributed by atoms with Crippen molar-refractivity contribution in [3.05, 3.63) is 23.8 Å². The van der Waals surface area contributed by atoms with Crippen molar-refractivity contribution in [2.24, 2.45) is 0 Å². The van der Waals surface area contributed by atoms with Gasteiger partial charge in [-0.3, -0.25) is 9.59 Å². The maximum atomic E-state index is 12.1. The summed E-state index contributed by atoms with van der Waals surface area (Å²) < 4.78 is 24.0. The van der Waals surface area contributed by atoms with E-state index in [1.807, 2.05) is 0 Å². The number of ketones is 2. The van der Waals surface area contributed by atoms with Gasteiger partial charge in [-0.05, 0) is 0 Å². The van der Waals surface area contributed by atoms with Gasteiger partial charge in [-0.15, -0.1) is 0 Å². The SMILES string of the molecule is O=C1[C]=C(F)C=C(F)C1=O. The monoisotopic (exact) mass is 143 g/mol. The predicted molar refractivity (Wildman–Crippen MR) is 27.1 cm³/mol. The lowest BCUT2D eigenvalue weighted by Crippen LogP contribution is -2.15. The Morgan fingerprint density at radius 1 is 1.30 bits per heavy atom. The average molecular weight is 143 g/mol. The number of hydrogen-bond acceptors (Lipinski definition) is 2. The first-order chi connectivity index (χ1) is 4.61. The highest BCUT2D eigenvalue weighted by Gasteiger charge is 2.22. The second kappa shape index (κ2) is 2.13. The Balaban J connectivity index is 3.07. The van der Waals surface area contributed by atoms with Gasteiger partial charge in [0.2, 0.25) is 5.78 Å². The van der Waals surface area contributed by atoms with Gasteiger partial charge in [-0.2, -0.15) is 0 Å². The molecule has 0 aromatic heterocycles. The summed E-state index contributed by atoms with van der Waals surface area (Å²) in [6.45, 7) is 0. The first-order valence-corrected chi connectivity index (χ1v) is 2.36. The van der Waals surface area contributed by atoms with E-state index in [0.717, 1.165) is 0 Å². The van der Waals surface area contributed by atoms with Gasteiger partial charge in [0.25, 0.3) is 5.78 Å². The van der Waals surface area contributed by atoms with Crippen molar-refractivity contribution in [3.63, 3.8) is 0 Å². The highest BCUT2D eigenvalue weighted by Crippen LogP contribution is 2.12. The fourth-order valence-electron chi connectivity index (χ4n) is 0.487. The quantitative estimate of drug-likeness (QED) is 0.368. The molecule has 0 N–H and O–H groups in total. The molecule has 10 heavy (non-hydrogen) atoms. The number of rotatable bonds is 0. The van der Waals surface area contributed by atoms with Crippen LogP contribution in [0.2, 0.25) is 0 Å². The largest absolute Gasteiger partial charge is 0.285 e. The van der Waals surface area contributed by atoms with Crippen LogP contribution in [0.1, 0.15) is 0 Å². The second-order valence-electron chi connectivity index (χ2n) is 1.62. The summed E-state index contributed by atoms with van der Waals surface area (Å²) in [4.78, 5) is 20.4. The lowest BCUT2D eigenvalue weighted by molar-refractivity contribution is -0.133. The van der Waals surface area contributed by atoms with Gasteiger partial charge in [0.1, 0.15) is 5.83 Å². The van der Waals surface area contributed by atoms with Crippen LogP contribution in [0, 0.1) is 6.08 Å². The molecular formula is C6HF2O2.